The summed E-state index contributed by atoms with van der Waals surface area (Å²) in [5, 5.41) is 5.83. The van der Waals surface area contributed by atoms with Crippen LogP contribution in [0.25, 0.3) is 82.5 Å². The van der Waals surface area contributed by atoms with Crippen molar-refractivity contribution in [2.45, 2.75) is 19.3 Å². The van der Waals surface area contributed by atoms with E-state index in [4.69, 9.17) is 4.98 Å². The molecule has 0 saturated heterocycles. The summed E-state index contributed by atoms with van der Waals surface area (Å²) in [5.41, 5.74) is 14.6. The first-order valence-corrected chi connectivity index (χ1v) is 16.6. The SMILES string of the molecule is CC1(C)c2ccccc2-c2ccc(-c3c(-c4ccc5c(c4)c4ccccc4n5-c4ccccc4)c4cnccc4c4ncccc34)cc21. The topological polar surface area (TPSA) is 30.7 Å². The molecule has 1 aliphatic rings. The molecule has 6 aromatic carbocycles. The van der Waals surface area contributed by atoms with Gasteiger partial charge < -0.3 is 4.57 Å². The van der Waals surface area contributed by atoms with E-state index in [1.807, 2.05) is 18.6 Å². The van der Waals surface area contributed by atoms with Gasteiger partial charge in [0.05, 0.1) is 16.6 Å². The van der Waals surface area contributed by atoms with E-state index in [9.17, 15) is 0 Å². The summed E-state index contributed by atoms with van der Waals surface area (Å²) in [6.07, 6.45) is 5.80. The molecule has 0 bridgehead atoms. The lowest BCUT2D eigenvalue weighted by Gasteiger charge is -2.23. The Hall–Kier alpha value is -6.06. The fourth-order valence-electron chi connectivity index (χ4n) is 8.33. The standard InChI is InChI=1S/C45H31N3/c1-45(2)38-16-8-6-13-31(38)32-20-18-29(26-39(32)45)42-35-15-10-23-47-44(35)34-22-24-46-27-37(34)43(42)28-19-21-41-36(25-28)33-14-7-9-17-40(33)48(41)30-11-4-3-5-12-30/h3-27H,1-2H3. The third-order valence-electron chi connectivity index (χ3n) is 10.5. The summed E-state index contributed by atoms with van der Waals surface area (Å²) in [4.78, 5) is 9.63. The highest BCUT2D eigenvalue weighted by molar-refractivity contribution is 6.21. The smallest absolute Gasteiger partial charge is 0.0788 e. The summed E-state index contributed by atoms with van der Waals surface area (Å²) in [6, 6.07) is 48.7. The molecule has 3 aromatic heterocycles. The number of para-hydroxylation sites is 2. The quantitative estimate of drug-likeness (QED) is 0.186. The summed E-state index contributed by atoms with van der Waals surface area (Å²) in [6.45, 7) is 4.70. The lowest BCUT2D eigenvalue weighted by Crippen LogP contribution is -2.14. The molecule has 0 saturated carbocycles. The van der Waals surface area contributed by atoms with Crippen molar-refractivity contribution in [2.75, 3.05) is 0 Å². The maximum Gasteiger partial charge on any atom is 0.0788 e. The monoisotopic (exact) mass is 613 g/mol. The van der Waals surface area contributed by atoms with E-state index in [0.717, 1.165) is 27.4 Å². The second-order valence-electron chi connectivity index (χ2n) is 13.4. The molecule has 0 unspecified atom stereocenters. The molecule has 0 N–H and O–H groups in total. The Bertz CT molecular complexity index is 2750. The average molecular weight is 614 g/mol. The Labute approximate surface area is 278 Å². The molecule has 10 rings (SSSR count). The van der Waals surface area contributed by atoms with Gasteiger partial charge in [-0.2, -0.15) is 0 Å². The third-order valence-corrected chi connectivity index (χ3v) is 10.5. The van der Waals surface area contributed by atoms with Gasteiger partial charge in [-0.15, -0.1) is 0 Å². The van der Waals surface area contributed by atoms with Gasteiger partial charge in [0, 0.05) is 56.6 Å². The van der Waals surface area contributed by atoms with Crippen molar-refractivity contribution in [2.24, 2.45) is 0 Å². The molecule has 3 heteroatoms. The first kappa shape index (κ1) is 27.1. The zero-order valence-corrected chi connectivity index (χ0v) is 26.8. The van der Waals surface area contributed by atoms with Gasteiger partial charge in [0.1, 0.15) is 0 Å². The summed E-state index contributed by atoms with van der Waals surface area (Å²) < 4.78 is 2.37. The predicted molar refractivity (Wildman–Crippen MR) is 200 cm³/mol. The van der Waals surface area contributed by atoms with Gasteiger partial charge in [0.2, 0.25) is 0 Å². The normalized spacial score (nSPS) is 13.4. The highest BCUT2D eigenvalue weighted by Crippen LogP contribution is 2.51. The number of pyridine rings is 2. The van der Waals surface area contributed by atoms with Gasteiger partial charge in [0.25, 0.3) is 0 Å². The Balaban J connectivity index is 1.31. The van der Waals surface area contributed by atoms with Crippen LogP contribution in [0.4, 0.5) is 0 Å². The second kappa shape index (κ2) is 9.97. The molecule has 3 heterocycles. The highest BCUT2D eigenvalue weighted by Gasteiger charge is 2.35. The van der Waals surface area contributed by atoms with Crippen LogP contribution < -0.4 is 0 Å². The van der Waals surface area contributed by atoms with Gasteiger partial charge in [-0.25, -0.2) is 0 Å². The minimum absolute atomic E-state index is 0.104. The van der Waals surface area contributed by atoms with E-state index in [1.54, 1.807) is 0 Å². The Morgan fingerprint density at radius 3 is 2.12 bits per heavy atom. The summed E-state index contributed by atoms with van der Waals surface area (Å²) >= 11 is 0. The molecule has 0 amide bonds. The summed E-state index contributed by atoms with van der Waals surface area (Å²) in [7, 11) is 0. The number of rotatable bonds is 3. The van der Waals surface area contributed by atoms with Gasteiger partial charge in [-0.05, 0) is 93.0 Å². The van der Waals surface area contributed by atoms with E-state index in [1.165, 1.54) is 66.3 Å². The van der Waals surface area contributed by atoms with Gasteiger partial charge >= 0.3 is 0 Å². The molecule has 0 aliphatic heterocycles. The lowest BCUT2D eigenvalue weighted by atomic mass is 9.80. The summed E-state index contributed by atoms with van der Waals surface area (Å²) in [5.74, 6) is 0. The van der Waals surface area contributed by atoms with E-state index in [0.29, 0.717) is 0 Å². The van der Waals surface area contributed by atoms with Gasteiger partial charge in [0.15, 0.2) is 0 Å². The van der Waals surface area contributed by atoms with Gasteiger partial charge in [-0.3, -0.25) is 9.97 Å². The second-order valence-corrected chi connectivity index (χ2v) is 13.4. The third kappa shape index (κ3) is 3.70. The number of aromatic nitrogens is 3. The lowest BCUT2D eigenvalue weighted by molar-refractivity contribution is 0.660. The fraction of sp³-hybridized carbons (Fsp3) is 0.0667. The van der Waals surface area contributed by atoms with Crippen molar-refractivity contribution >= 4 is 43.5 Å². The Morgan fingerprint density at radius 2 is 1.21 bits per heavy atom. The fourth-order valence-corrected chi connectivity index (χ4v) is 8.33. The molecule has 226 valence electrons. The number of hydrogen-bond donors (Lipinski definition) is 0. The zero-order valence-electron chi connectivity index (χ0n) is 26.8. The number of hydrogen-bond acceptors (Lipinski definition) is 2. The molecule has 0 spiro atoms. The first-order valence-electron chi connectivity index (χ1n) is 16.6. The molecular weight excluding hydrogens is 583 g/mol. The average Bonchev–Trinajstić information content (AvgIpc) is 3.59. The van der Waals surface area contributed by atoms with Crippen LogP contribution in [0.3, 0.4) is 0 Å². The van der Waals surface area contributed by atoms with Crippen molar-refractivity contribution in [3.05, 3.63) is 163 Å². The van der Waals surface area contributed by atoms with E-state index < -0.39 is 0 Å². The van der Waals surface area contributed by atoms with Crippen LogP contribution in [-0.2, 0) is 5.41 Å². The Kier molecular flexibility index (Phi) is 5.63. The van der Waals surface area contributed by atoms with Crippen LogP contribution in [0.5, 0.6) is 0 Å². The van der Waals surface area contributed by atoms with Crippen LogP contribution in [0.2, 0.25) is 0 Å². The van der Waals surface area contributed by atoms with Crippen LogP contribution in [-0.4, -0.2) is 14.5 Å². The van der Waals surface area contributed by atoms with E-state index >= 15 is 0 Å². The van der Waals surface area contributed by atoms with Gasteiger partial charge in [-0.1, -0.05) is 98.8 Å². The maximum absolute atomic E-state index is 4.96. The molecule has 9 aromatic rings. The Morgan fingerprint density at radius 1 is 0.500 bits per heavy atom. The van der Waals surface area contributed by atoms with Crippen LogP contribution in [0, 0.1) is 0 Å². The number of benzene rings is 6. The van der Waals surface area contributed by atoms with Crippen LogP contribution in [0.1, 0.15) is 25.0 Å². The predicted octanol–water partition coefficient (Wildman–Crippen LogP) is 11.5. The van der Waals surface area contributed by atoms with Crippen LogP contribution >= 0.6 is 0 Å². The molecule has 1 aliphatic carbocycles. The number of nitrogens with zero attached hydrogens (tertiary/aromatic N) is 3. The van der Waals surface area contributed by atoms with Crippen molar-refractivity contribution in [3.8, 4) is 39.1 Å². The largest absolute Gasteiger partial charge is 0.309 e. The van der Waals surface area contributed by atoms with E-state index in [-0.39, 0.29) is 5.41 Å². The molecule has 3 nitrogen and oxygen atoms in total. The minimum Gasteiger partial charge on any atom is -0.309 e. The molecule has 0 radical (unpaired) electrons. The maximum atomic E-state index is 4.96. The highest BCUT2D eigenvalue weighted by atomic mass is 15.0. The first-order chi connectivity index (χ1) is 23.6. The minimum atomic E-state index is -0.104. The van der Waals surface area contributed by atoms with E-state index in [2.05, 4.69) is 157 Å². The van der Waals surface area contributed by atoms with Crippen molar-refractivity contribution in [1.82, 2.24) is 14.5 Å². The zero-order chi connectivity index (χ0) is 32.0. The van der Waals surface area contributed by atoms with Crippen LogP contribution in [0.15, 0.2) is 152 Å². The van der Waals surface area contributed by atoms with Crippen molar-refractivity contribution in [1.29, 1.82) is 0 Å². The molecular formula is C45H31N3. The molecule has 0 atom stereocenters. The van der Waals surface area contributed by atoms with Crippen molar-refractivity contribution < 1.29 is 0 Å². The molecule has 0 fully saturated rings. The number of fused-ring (bicyclic) bond motifs is 9. The van der Waals surface area contributed by atoms with Crippen molar-refractivity contribution in [3.63, 3.8) is 0 Å². The molecule has 48 heavy (non-hydrogen) atoms.